The SMILES string of the molecule is CNCCC(C)(O)c1ccc(C(F)(F)F)cc1. The van der Waals surface area contributed by atoms with Gasteiger partial charge in [-0.1, -0.05) is 12.1 Å². The number of halogens is 3. The number of aliphatic hydroxyl groups is 1. The van der Waals surface area contributed by atoms with Crippen LogP contribution in [0.25, 0.3) is 0 Å². The minimum Gasteiger partial charge on any atom is -0.385 e. The van der Waals surface area contributed by atoms with Crippen molar-refractivity contribution < 1.29 is 18.3 Å². The summed E-state index contributed by atoms with van der Waals surface area (Å²) in [5, 5.41) is 13.0. The summed E-state index contributed by atoms with van der Waals surface area (Å²) in [6.45, 7) is 2.18. The molecule has 0 saturated carbocycles. The predicted octanol–water partition coefficient (Wildman–Crippen LogP) is 2.52. The Labute approximate surface area is 98.5 Å². The van der Waals surface area contributed by atoms with Crippen LogP contribution in [0.15, 0.2) is 24.3 Å². The van der Waals surface area contributed by atoms with E-state index in [4.69, 9.17) is 0 Å². The number of hydrogen-bond acceptors (Lipinski definition) is 2. The van der Waals surface area contributed by atoms with Crippen LogP contribution in [0.3, 0.4) is 0 Å². The summed E-state index contributed by atoms with van der Waals surface area (Å²) < 4.78 is 37.0. The fourth-order valence-electron chi connectivity index (χ4n) is 1.53. The van der Waals surface area contributed by atoms with Crippen molar-refractivity contribution in [1.82, 2.24) is 5.32 Å². The second-order valence-corrected chi connectivity index (χ2v) is 4.20. The molecule has 0 spiro atoms. The average molecular weight is 247 g/mol. The Balaban J connectivity index is 2.87. The lowest BCUT2D eigenvalue weighted by molar-refractivity contribution is -0.137. The van der Waals surface area contributed by atoms with Crippen LogP contribution in [0.1, 0.15) is 24.5 Å². The second kappa shape index (κ2) is 5.06. The van der Waals surface area contributed by atoms with Gasteiger partial charge in [0.25, 0.3) is 0 Å². The van der Waals surface area contributed by atoms with Gasteiger partial charge in [0.2, 0.25) is 0 Å². The monoisotopic (exact) mass is 247 g/mol. The summed E-state index contributed by atoms with van der Waals surface area (Å²) in [7, 11) is 1.75. The Hall–Kier alpha value is -1.07. The molecule has 0 saturated heterocycles. The first-order chi connectivity index (χ1) is 7.77. The largest absolute Gasteiger partial charge is 0.416 e. The molecular weight excluding hydrogens is 231 g/mol. The third kappa shape index (κ3) is 3.71. The smallest absolute Gasteiger partial charge is 0.385 e. The molecule has 0 aliphatic heterocycles. The molecule has 0 aliphatic carbocycles. The molecule has 17 heavy (non-hydrogen) atoms. The standard InChI is InChI=1S/C12H16F3NO/c1-11(17,7-8-16-2)9-3-5-10(6-4-9)12(13,14)15/h3-6,16-17H,7-8H2,1-2H3. The van der Waals surface area contributed by atoms with Crippen LogP contribution in [-0.2, 0) is 11.8 Å². The van der Waals surface area contributed by atoms with E-state index in [1.807, 2.05) is 0 Å². The van der Waals surface area contributed by atoms with E-state index in [1.165, 1.54) is 12.1 Å². The van der Waals surface area contributed by atoms with Crippen LogP contribution in [-0.4, -0.2) is 18.7 Å². The van der Waals surface area contributed by atoms with Crippen LogP contribution >= 0.6 is 0 Å². The van der Waals surface area contributed by atoms with Crippen molar-refractivity contribution in [3.63, 3.8) is 0 Å². The van der Waals surface area contributed by atoms with E-state index in [-0.39, 0.29) is 0 Å². The normalized spacial score (nSPS) is 15.6. The highest BCUT2D eigenvalue weighted by Crippen LogP contribution is 2.31. The highest BCUT2D eigenvalue weighted by atomic mass is 19.4. The van der Waals surface area contributed by atoms with E-state index in [9.17, 15) is 18.3 Å². The van der Waals surface area contributed by atoms with E-state index in [1.54, 1.807) is 14.0 Å². The molecule has 96 valence electrons. The zero-order valence-corrected chi connectivity index (χ0v) is 9.80. The topological polar surface area (TPSA) is 32.3 Å². The minimum atomic E-state index is -4.34. The van der Waals surface area contributed by atoms with Gasteiger partial charge < -0.3 is 10.4 Å². The Morgan fingerprint density at radius 3 is 2.00 bits per heavy atom. The van der Waals surface area contributed by atoms with Gasteiger partial charge in [-0.15, -0.1) is 0 Å². The van der Waals surface area contributed by atoms with Crippen LogP contribution in [0.2, 0.25) is 0 Å². The van der Waals surface area contributed by atoms with E-state index in [2.05, 4.69) is 5.32 Å². The zero-order valence-electron chi connectivity index (χ0n) is 9.80. The fourth-order valence-corrected chi connectivity index (χ4v) is 1.53. The number of alkyl halides is 3. The van der Waals surface area contributed by atoms with Crippen LogP contribution in [0.5, 0.6) is 0 Å². The van der Waals surface area contributed by atoms with Crippen molar-refractivity contribution in [2.75, 3.05) is 13.6 Å². The van der Waals surface area contributed by atoms with Crippen LogP contribution in [0.4, 0.5) is 13.2 Å². The number of nitrogens with one attached hydrogen (secondary N) is 1. The van der Waals surface area contributed by atoms with Crippen molar-refractivity contribution in [2.24, 2.45) is 0 Å². The lowest BCUT2D eigenvalue weighted by Crippen LogP contribution is -2.26. The number of hydrogen-bond donors (Lipinski definition) is 2. The molecule has 0 heterocycles. The highest BCUT2D eigenvalue weighted by Gasteiger charge is 2.31. The molecule has 2 nitrogen and oxygen atoms in total. The van der Waals surface area contributed by atoms with Gasteiger partial charge in [-0.3, -0.25) is 0 Å². The zero-order chi connectivity index (χ0) is 13.1. The van der Waals surface area contributed by atoms with Gasteiger partial charge in [0.1, 0.15) is 0 Å². The average Bonchev–Trinajstić information content (AvgIpc) is 2.25. The molecule has 1 atom stereocenters. The quantitative estimate of drug-likeness (QED) is 0.857. The Kier molecular flexibility index (Phi) is 4.16. The molecule has 1 unspecified atom stereocenters. The summed E-state index contributed by atoms with van der Waals surface area (Å²) >= 11 is 0. The summed E-state index contributed by atoms with van der Waals surface area (Å²) in [4.78, 5) is 0. The lowest BCUT2D eigenvalue weighted by atomic mass is 9.92. The molecule has 5 heteroatoms. The van der Waals surface area contributed by atoms with E-state index >= 15 is 0 Å². The van der Waals surface area contributed by atoms with Gasteiger partial charge in [-0.05, 0) is 44.6 Å². The molecule has 0 amide bonds. The van der Waals surface area contributed by atoms with E-state index < -0.39 is 17.3 Å². The van der Waals surface area contributed by atoms with Gasteiger partial charge in [0, 0.05) is 0 Å². The molecule has 0 radical (unpaired) electrons. The van der Waals surface area contributed by atoms with Gasteiger partial charge in [-0.25, -0.2) is 0 Å². The maximum Gasteiger partial charge on any atom is 0.416 e. The molecule has 1 rings (SSSR count). The van der Waals surface area contributed by atoms with Crippen molar-refractivity contribution in [3.8, 4) is 0 Å². The van der Waals surface area contributed by atoms with E-state index in [0.717, 1.165) is 12.1 Å². The molecule has 0 bridgehead atoms. The van der Waals surface area contributed by atoms with Gasteiger partial charge in [-0.2, -0.15) is 13.2 Å². The molecular formula is C12H16F3NO. The van der Waals surface area contributed by atoms with Crippen LogP contribution < -0.4 is 5.32 Å². The van der Waals surface area contributed by atoms with Crippen LogP contribution in [0, 0.1) is 0 Å². The molecule has 0 aromatic heterocycles. The second-order valence-electron chi connectivity index (χ2n) is 4.20. The van der Waals surface area contributed by atoms with Gasteiger partial charge in [0.05, 0.1) is 11.2 Å². The summed E-state index contributed by atoms with van der Waals surface area (Å²) in [6.07, 6.45) is -3.90. The first kappa shape index (κ1) is 14.0. The number of rotatable bonds is 4. The summed E-state index contributed by atoms with van der Waals surface area (Å²) in [6, 6.07) is 4.61. The summed E-state index contributed by atoms with van der Waals surface area (Å²) in [5.41, 5.74) is -1.33. The predicted molar refractivity (Wildman–Crippen MR) is 59.6 cm³/mol. The van der Waals surface area contributed by atoms with Gasteiger partial charge in [0.15, 0.2) is 0 Å². The van der Waals surface area contributed by atoms with Crippen molar-refractivity contribution >= 4 is 0 Å². The third-order valence-electron chi connectivity index (χ3n) is 2.70. The fraction of sp³-hybridized carbons (Fsp3) is 0.500. The molecule has 2 N–H and O–H groups in total. The van der Waals surface area contributed by atoms with Crippen molar-refractivity contribution in [1.29, 1.82) is 0 Å². The Morgan fingerprint density at radius 2 is 1.59 bits per heavy atom. The number of benzene rings is 1. The first-order valence-corrected chi connectivity index (χ1v) is 5.32. The maximum absolute atomic E-state index is 12.3. The highest BCUT2D eigenvalue weighted by molar-refractivity contribution is 5.28. The van der Waals surface area contributed by atoms with Crippen molar-refractivity contribution in [2.45, 2.75) is 25.1 Å². The first-order valence-electron chi connectivity index (χ1n) is 5.32. The van der Waals surface area contributed by atoms with Crippen molar-refractivity contribution in [3.05, 3.63) is 35.4 Å². The lowest BCUT2D eigenvalue weighted by Gasteiger charge is -2.24. The summed E-state index contributed by atoms with van der Waals surface area (Å²) in [5.74, 6) is 0. The Bertz CT molecular complexity index is 357. The van der Waals surface area contributed by atoms with E-state index in [0.29, 0.717) is 18.5 Å². The molecule has 0 aliphatic rings. The molecule has 1 aromatic carbocycles. The maximum atomic E-state index is 12.3. The molecule has 0 fully saturated rings. The molecule has 1 aromatic rings. The van der Waals surface area contributed by atoms with Gasteiger partial charge >= 0.3 is 6.18 Å². The third-order valence-corrected chi connectivity index (χ3v) is 2.70. The Morgan fingerprint density at radius 1 is 1.12 bits per heavy atom. The minimum absolute atomic E-state index is 0.439.